The summed E-state index contributed by atoms with van der Waals surface area (Å²) in [7, 11) is -0.378. The van der Waals surface area contributed by atoms with Crippen LogP contribution in [-0.4, -0.2) is 29.5 Å². The van der Waals surface area contributed by atoms with Crippen molar-refractivity contribution in [1.29, 1.82) is 0 Å². The lowest BCUT2D eigenvalue weighted by atomic mass is 11.9. The summed E-state index contributed by atoms with van der Waals surface area (Å²) < 4.78 is 10.2. The Morgan fingerprint density at radius 1 is 1.71 bits per heavy atom. The van der Waals surface area contributed by atoms with E-state index in [0.29, 0.717) is 0 Å². The predicted octanol–water partition coefficient (Wildman–Crippen LogP) is -1.61. The molecule has 5 heteroatoms. The van der Waals surface area contributed by atoms with Gasteiger partial charge < -0.3 is 8.23 Å². The van der Waals surface area contributed by atoms with E-state index in [1.807, 2.05) is 0 Å². The van der Waals surface area contributed by atoms with Crippen molar-refractivity contribution in [2.45, 2.75) is 13.1 Å². The molecule has 0 unspecified atom stereocenters. The summed E-state index contributed by atoms with van der Waals surface area (Å²) in [6.45, 7) is 4.32. The van der Waals surface area contributed by atoms with Crippen LogP contribution in [0.3, 0.4) is 0 Å². The molecular weight excluding hydrogens is 140 g/mol. The number of hydrogen-bond acceptors (Lipinski definition) is 2. The molecule has 0 amide bonds. The average Bonchev–Trinajstić information content (AvgIpc) is 1.61. The van der Waals surface area contributed by atoms with E-state index >= 15 is 0 Å². The molecule has 0 rings (SSSR count). The number of rotatable bonds is 3. The highest BCUT2D eigenvalue weighted by molar-refractivity contribution is 6.55. The zero-order valence-corrected chi connectivity index (χ0v) is 9.67. The van der Waals surface area contributed by atoms with Crippen LogP contribution in [-0.2, 0) is 8.23 Å². The van der Waals surface area contributed by atoms with Crippen LogP contribution >= 0.6 is 0 Å². The van der Waals surface area contributed by atoms with E-state index in [1.165, 1.54) is 0 Å². The summed E-state index contributed by atoms with van der Waals surface area (Å²) in [5.74, 6) is 0. The second-order valence-electron chi connectivity index (χ2n) is 1.62. The Hall–Kier alpha value is 0.571. The molecule has 0 aliphatic carbocycles. The fraction of sp³-hybridized carbons (Fsp3) is 1.00. The Balaban J connectivity index is 0. The summed E-state index contributed by atoms with van der Waals surface area (Å²) in [5.41, 5.74) is 0. The Bertz CT molecular complexity index is 44.3. The van der Waals surface area contributed by atoms with Gasteiger partial charge in [-0.15, -0.1) is 0 Å². The molecule has 0 aliphatic heterocycles. The van der Waals surface area contributed by atoms with E-state index in [9.17, 15) is 0 Å². The predicted molar refractivity (Wildman–Crippen MR) is 40.6 cm³/mol. The molecule has 44 valence electrons. The third-order valence-electron chi connectivity index (χ3n) is 0.519. The Morgan fingerprint density at radius 3 is 2.43 bits per heavy atom. The molecule has 0 fully saturated rings. The Morgan fingerprint density at radius 2 is 2.29 bits per heavy atom. The smallest absolute Gasteiger partial charge is 0.449 e. The molecule has 0 bridgehead atoms. The van der Waals surface area contributed by atoms with Crippen molar-refractivity contribution < 1.29 is 9.66 Å². The van der Waals surface area contributed by atoms with E-state index < -0.39 is 19.0 Å². The minimum atomic E-state index is -0.729. The zero-order chi connectivity index (χ0) is 5.70. The van der Waals surface area contributed by atoms with Gasteiger partial charge >= 0.3 is 1.43 Å². The van der Waals surface area contributed by atoms with Crippen LogP contribution in [0.25, 0.3) is 0 Å². The monoisotopic (exact) mass is 153 g/mol. The van der Waals surface area contributed by atoms with Crippen molar-refractivity contribution in [3.63, 3.8) is 0 Å². The summed E-state index contributed by atoms with van der Waals surface area (Å²) >= 11 is 0. The molecule has 0 N–H and O–H groups in total. The van der Waals surface area contributed by atoms with E-state index in [2.05, 4.69) is 13.1 Å². The maximum atomic E-state index is 5.28. The minimum absolute atomic E-state index is 0. The standard InChI is InChI=1S/C2H12O2Si3/c1-7(2)4-6-3-5/h7H,6H2,1-2,5H3/p+1. The lowest BCUT2D eigenvalue weighted by Crippen LogP contribution is -2.12. The fourth-order valence-corrected chi connectivity index (χ4v) is 3.06. The van der Waals surface area contributed by atoms with Gasteiger partial charge in [-0.3, -0.25) is 0 Å². The largest absolute Gasteiger partial charge is 1.00 e. The lowest BCUT2D eigenvalue weighted by Gasteiger charge is -2.02. The van der Waals surface area contributed by atoms with E-state index in [1.54, 1.807) is 0 Å². The average molecular weight is 153 g/mol. The summed E-state index contributed by atoms with van der Waals surface area (Å²) in [6, 6.07) is 0. The first-order valence-corrected chi connectivity index (χ1v) is 7.13. The van der Waals surface area contributed by atoms with Crippen LogP contribution in [0.2, 0.25) is 13.1 Å². The summed E-state index contributed by atoms with van der Waals surface area (Å²) in [4.78, 5) is 0. The van der Waals surface area contributed by atoms with Gasteiger partial charge in [0.05, 0.1) is 0 Å². The van der Waals surface area contributed by atoms with Crippen molar-refractivity contribution in [3.8, 4) is 0 Å². The molecule has 0 aromatic heterocycles. The second-order valence-corrected chi connectivity index (χ2v) is 7.60. The Labute approximate surface area is 53.0 Å². The molecular formula is C2H13O2Si3+. The van der Waals surface area contributed by atoms with E-state index in [0.717, 1.165) is 10.5 Å². The quantitative estimate of drug-likeness (QED) is 0.455. The van der Waals surface area contributed by atoms with E-state index in [-0.39, 0.29) is 1.43 Å². The maximum Gasteiger partial charge on any atom is 1.00 e. The third kappa shape index (κ3) is 6.57. The van der Waals surface area contributed by atoms with Crippen LogP contribution < -0.4 is 0 Å². The van der Waals surface area contributed by atoms with Gasteiger partial charge in [-0.25, -0.2) is 0 Å². The first-order valence-electron chi connectivity index (χ1n) is 2.38. The van der Waals surface area contributed by atoms with Crippen molar-refractivity contribution >= 4 is 29.5 Å². The molecule has 0 saturated carbocycles. The molecule has 2 nitrogen and oxygen atoms in total. The zero-order valence-electron chi connectivity index (χ0n) is 6.10. The van der Waals surface area contributed by atoms with Gasteiger partial charge in [0.1, 0.15) is 10.5 Å². The Kier molecular flexibility index (Phi) is 5.11. The topological polar surface area (TPSA) is 18.5 Å². The number of hydrogen-bond donors (Lipinski definition) is 0. The van der Waals surface area contributed by atoms with Gasteiger partial charge in [-0.05, 0) is 13.1 Å². The van der Waals surface area contributed by atoms with Crippen LogP contribution in [0.5, 0.6) is 0 Å². The van der Waals surface area contributed by atoms with Crippen molar-refractivity contribution in [2.75, 3.05) is 0 Å². The molecule has 0 radical (unpaired) electrons. The van der Waals surface area contributed by atoms with Gasteiger partial charge in [0.25, 0.3) is 10.0 Å². The second kappa shape index (κ2) is 4.72. The van der Waals surface area contributed by atoms with Crippen LogP contribution in [0.4, 0.5) is 0 Å². The third-order valence-corrected chi connectivity index (χ3v) is 4.67. The highest BCUT2D eigenvalue weighted by Crippen LogP contribution is 1.78. The maximum absolute atomic E-state index is 5.28. The first kappa shape index (κ1) is 7.57. The van der Waals surface area contributed by atoms with Gasteiger partial charge in [-0.2, -0.15) is 0 Å². The lowest BCUT2D eigenvalue weighted by molar-refractivity contribution is 0.495. The van der Waals surface area contributed by atoms with Crippen LogP contribution in [0.1, 0.15) is 1.43 Å². The first-order chi connectivity index (χ1) is 3.27. The fourth-order valence-electron chi connectivity index (χ4n) is 0.204. The molecule has 0 atom stereocenters. The molecule has 0 saturated heterocycles. The molecule has 0 aliphatic rings. The van der Waals surface area contributed by atoms with Crippen molar-refractivity contribution in [3.05, 3.63) is 0 Å². The van der Waals surface area contributed by atoms with Gasteiger partial charge in [0, 0.05) is 0 Å². The molecule has 0 aromatic carbocycles. The van der Waals surface area contributed by atoms with Gasteiger partial charge in [-0.1, -0.05) is 0 Å². The normalized spacial score (nSPS) is 12.4. The highest BCUT2D eigenvalue weighted by Gasteiger charge is 1.90. The van der Waals surface area contributed by atoms with Crippen LogP contribution in [0.15, 0.2) is 0 Å². The van der Waals surface area contributed by atoms with Crippen molar-refractivity contribution in [1.82, 2.24) is 0 Å². The van der Waals surface area contributed by atoms with Crippen LogP contribution in [0, 0.1) is 0 Å². The highest BCUT2D eigenvalue weighted by atomic mass is 28.4. The summed E-state index contributed by atoms with van der Waals surface area (Å²) in [6.07, 6.45) is 0. The summed E-state index contributed by atoms with van der Waals surface area (Å²) in [5, 5.41) is 0. The molecule has 7 heavy (non-hydrogen) atoms. The molecule has 0 aromatic rings. The SMILES string of the molecule is C[SiH](C)O[SiH2]O[SiH3].[H+]. The molecule has 0 spiro atoms. The van der Waals surface area contributed by atoms with Gasteiger partial charge in [0.2, 0.25) is 0 Å². The minimum Gasteiger partial charge on any atom is -0.449 e. The van der Waals surface area contributed by atoms with E-state index in [4.69, 9.17) is 8.23 Å². The molecule has 0 heterocycles. The van der Waals surface area contributed by atoms with Crippen molar-refractivity contribution in [2.24, 2.45) is 0 Å². The van der Waals surface area contributed by atoms with Gasteiger partial charge in [0.15, 0.2) is 9.04 Å².